The van der Waals surface area contributed by atoms with E-state index in [1.54, 1.807) is 48.2 Å². The molecule has 0 atom stereocenters. The van der Waals surface area contributed by atoms with Crippen LogP contribution >= 0.6 is 0 Å². The predicted octanol–water partition coefficient (Wildman–Crippen LogP) is 6.66. The molecule has 0 aliphatic rings. The zero-order valence-corrected chi connectivity index (χ0v) is 20.2. The molecule has 0 fully saturated rings. The van der Waals surface area contributed by atoms with Crippen molar-refractivity contribution >= 4 is 22.5 Å². The highest BCUT2D eigenvalue weighted by Crippen LogP contribution is 2.28. The van der Waals surface area contributed by atoms with Crippen LogP contribution < -0.4 is 11.1 Å². The number of nitrogens with zero attached hydrogens (tertiary/aromatic N) is 4. The molecule has 0 unspecified atom stereocenters. The Morgan fingerprint density at radius 3 is 2.54 bits per heavy atom. The fourth-order valence-electron chi connectivity index (χ4n) is 3.12. The van der Waals surface area contributed by atoms with Gasteiger partial charge in [-0.1, -0.05) is 30.9 Å². The summed E-state index contributed by atoms with van der Waals surface area (Å²) in [5, 5.41) is 8.31. The second-order valence-electron chi connectivity index (χ2n) is 7.91. The van der Waals surface area contributed by atoms with Crippen molar-refractivity contribution in [3.63, 3.8) is 0 Å². The number of halogens is 2. The van der Waals surface area contributed by atoms with Gasteiger partial charge < -0.3 is 11.1 Å². The van der Waals surface area contributed by atoms with Crippen LogP contribution in [0.2, 0.25) is 0 Å². The Hall–Kier alpha value is -4.33. The van der Waals surface area contributed by atoms with Gasteiger partial charge in [-0.25, -0.2) is 23.4 Å². The highest BCUT2D eigenvalue weighted by molar-refractivity contribution is 5.91. The van der Waals surface area contributed by atoms with E-state index in [2.05, 4.69) is 27.0 Å². The molecule has 3 N–H and O–H groups in total. The van der Waals surface area contributed by atoms with E-state index in [1.807, 2.05) is 26.0 Å². The maximum Gasteiger partial charge on any atom is 0.169 e. The van der Waals surface area contributed by atoms with Crippen LogP contribution in [-0.4, -0.2) is 19.7 Å². The third kappa shape index (κ3) is 6.38. The number of fused-ring (bicyclic) bond motifs is 1. The van der Waals surface area contributed by atoms with Crippen LogP contribution in [0.25, 0.3) is 28.1 Å². The molecule has 8 heteroatoms. The molecule has 0 saturated carbocycles. The molecule has 6 nitrogen and oxygen atoms in total. The smallest absolute Gasteiger partial charge is 0.169 e. The van der Waals surface area contributed by atoms with Gasteiger partial charge in [-0.3, -0.25) is 0 Å². The van der Waals surface area contributed by atoms with E-state index in [4.69, 9.17) is 5.73 Å². The first-order valence-corrected chi connectivity index (χ1v) is 11.0. The van der Waals surface area contributed by atoms with Gasteiger partial charge >= 0.3 is 0 Å². The monoisotopic (exact) mass is 474 g/mol. The molecule has 2 heterocycles. The number of aromatic nitrogens is 4. The molecule has 0 aliphatic heterocycles. The lowest BCUT2D eigenvalue weighted by Crippen LogP contribution is -2.06. The minimum atomic E-state index is -0.403. The van der Waals surface area contributed by atoms with E-state index in [0.717, 1.165) is 5.57 Å². The van der Waals surface area contributed by atoms with Gasteiger partial charge in [-0.15, -0.1) is 0 Å². The summed E-state index contributed by atoms with van der Waals surface area (Å²) in [6, 6.07) is 6.03. The fraction of sp³-hybridized carbons (Fsp3) is 0.148. The van der Waals surface area contributed by atoms with Crippen LogP contribution in [0.1, 0.15) is 27.7 Å². The second-order valence-corrected chi connectivity index (χ2v) is 7.91. The van der Waals surface area contributed by atoms with Gasteiger partial charge in [0.25, 0.3) is 0 Å². The minimum absolute atomic E-state index is 0.297. The Bertz CT molecular complexity index is 1400. The lowest BCUT2D eigenvalue weighted by molar-refractivity contribution is 0.628. The zero-order valence-electron chi connectivity index (χ0n) is 20.2. The molecule has 35 heavy (non-hydrogen) atoms. The topological polar surface area (TPSA) is 81.7 Å². The third-order valence-electron chi connectivity index (χ3n) is 4.92. The molecule has 0 aliphatic carbocycles. The Kier molecular flexibility index (Phi) is 8.09. The largest absolute Gasteiger partial charge is 0.402 e. The van der Waals surface area contributed by atoms with Crippen molar-refractivity contribution in [2.24, 2.45) is 5.73 Å². The predicted molar refractivity (Wildman–Crippen MR) is 139 cm³/mol. The van der Waals surface area contributed by atoms with E-state index >= 15 is 0 Å². The quantitative estimate of drug-likeness (QED) is 0.357. The van der Waals surface area contributed by atoms with E-state index in [9.17, 15) is 8.78 Å². The van der Waals surface area contributed by atoms with Crippen LogP contribution in [-0.2, 0) is 0 Å². The Morgan fingerprint density at radius 2 is 1.89 bits per heavy atom. The molecular weight excluding hydrogens is 446 g/mol. The van der Waals surface area contributed by atoms with Gasteiger partial charge in [0.1, 0.15) is 11.6 Å². The minimum Gasteiger partial charge on any atom is -0.402 e. The summed E-state index contributed by atoms with van der Waals surface area (Å²) in [4.78, 5) is 9.32. The van der Waals surface area contributed by atoms with Crippen LogP contribution in [0.5, 0.6) is 0 Å². The Morgan fingerprint density at radius 1 is 1.11 bits per heavy atom. The molecule has 0 amide bonds. The summed E-state index contributed by atoms with van der Waals surface area (Å²) in [6.07, 6.45) is 11.8. The van der Waals surface area contributed by atoms with Crippen LogP contribution in [0.3, 0.4) is 0 Å². The molecule has 0 spiro atoms. The third-order valence-corrected chi connectivity index (χ3v) is 4.92. The molecule has 0 saturated heterocycles. The molecular formula is C27H28F2N6. The normalized spacial score (nSPS) is 13.7. The first-order chi connectivity index (χ1) is 16.7. The molecule has 1 aromatic carbocycles. The maximum absolute atomic E-state index is 14.0. The van der Waals surface area contributed by atoms with Gasteiger partial charge in [0.05, 0.1) is 23.1 Å². The molecule has 0 radical (unpaired) electrons. The number of rotatable bonds is 8. The standard InChI is InChI=1S/C27H28F2N6/c1-6-8-23(14-12-18(3)28)35-27-24(16-31-35)26(32-20(5)17(2)11-13-19(4)30)33-25(34-27)21-9-7-10-22(29)15-21/h6-16H,5,30H2,1-4H3,(H,32,33,34)/b8-6-,17-11+,18-12+,19-13+,23-14+. The average Bonchev–Trinajstić information content (AvgIpc) is 3.24. The lowest BCUT2D eigenvalue weighted by Gasteiger charge is -2.12. The van der Waals surface area contributed by atoms with E-state index in [0.29, 0.717) is 45.3 Å². The molecule has 2 aromatic heterocycles. The summed E-state index contributed by atoms with van der Waals surface area (Å²) in [6.45, 7) is 11.0. The van der Waals surface area contributed by atoms with E-state index < -0.39 is 5.82 Å². The van der Waals surface area contributed by atoms with E-state index in [-0.39, 0.29) is 5.83 Å². The fourth-order valence-corrected chi connectivity index (χ4v) is 3.12. The van der Waals surface area contributed by atoms with Crippen molar-refractivity contribution in [2.75, 3.05) is 5.32 Å². The second kappa shape index (κ2) is 11.2. The SMILES string of the molecule is C=C(Nc1nc(-c2cccc(F)c2)nc2c1cnn2C(/C=C\C)=C/C=C(\C)F)/C(C)=C/C=C(\C)N. The van der Waals surface area contributed by atoms with Crippen LogP contribution in [0.15, 0.2) is 96.3 Å². The van der Waals surface area contributed by atoms with Crippen molar-refractivity contribution in [3.05, 3.63) is 102 Å². The molecule has 3 rings (SSSR count). The van der Waals surface area contributed by atoms with Crippen LogP contribution in [0, 0.1) is 5.82 Å². The first kappa shape index (κ1) is 25.3. The van der Waals surface area contributed by atoms with Gasteiger partial charge in [0, 0.05) is 17.0 Å². The number of benzene rings is 1. The number of nitrogens with one attached hydrogen (secondary N) is 1. The Labute approximate surface area is 203 Å². The highest BCUT2D eigenvalue weighted by Gasteiger charge is 2.16. The average molecular weight is 475 g/mol. The summed E-state index contributed by atoms with van der Waals surface area (Å²) in [5.41, 5.74) is 9.39. The number of anilines is 1. The summed E-state index contributed by atoms with van der Waals surface area (Å²) in [7, 11) is 0. The Balaban J connectivity index is 2.22. The van der Waals surface area contributed by atoms with Crippen LogP contribution in [0.4, 0.5) is 14.6 Å². The summed E-state index contributed by atoms with van der Waals surface area (Å²) < 4.78 is 29.0. The number of allylic oxidation sites excluding steroid dienone is 10. The number of nitrogens with two attached hydrogens (primary N) is 1. The molecule has 0 bridgehead atoms. The lowest BCUT2D eigenvalue weighted by atomic mass is 10.2. The van der Waals surface area contributed by atoms with Crippen molar-refractivity contribution < 1.29 is 8.78 Å². The number of hydrogen-bond donors (Lipinski definition) is 2. The van der Waals surface area contributed by atoms with Gasteiger partial charge in [-0.2, -0.15) is 5.10 Å². The molecule has 180 valence electrons. The van der Waals surface area contributed by atoms with Crippen molar-refractivity contribution in [2.45, 2.75) is 27.7 Å². The van der Waals surface area contributed by atoms with Crippen molar-refractivity contribution in [3.8, 4) is 11.4 Å². The van der Waals surface area contributed by atoms with Gasteiger partial charge in [0.2, 0.25) is 0 Å². The number of hydrogen-bond acceptors (Lipinski definition) is 5. The summed E-state index contributed by atoms with van der Waals surface area (Å²) in [5.74, 6) is -0.00481. The maximum atomic E-state index is 14.0. The van der Waals surface area contributed by atoms with Gasteiger partial charge in [0.15, 0.2) is 11.5 Å². The highest BCUT2D eigenvalue weighted by atomic mass is 19.1. The zero-order chi connectivity index (χ0) is 25.5. The van der Waals surface area contributed by atoms with Crippen molar-refractivity contribution in [1.29, 1.82) is 0 Å². The first-order valence-electron chi connectivity index (χ1n) is 11.0. The van der Waals surface area contributed by atoms with Crippen molar-refractivity contribution in [1.82, 2.24) is 19.7 Å². The van der Waals surface area contributed by atoms with E-state index in [1.165, 1.54) is 25.1 Å². The molecule has 3 aromatic rings. The summed E-state index contributed by atoms with van der Waals surface area (Å²) >= 11 is 0. The van der Waals surface area contributed by atoms with Gasteiger partial charge in [-0.05, 0) is 69.7 Å².